The Hall–Kier alpha value is -0.800. The Morgan fingerprint density at radius 1 is 1.57 bits per heavy atom. The van der Waals surface area contributed by atoms with Crippen molar-refractivity contribution in [2.75, 3.05) is 13.7 Å². The zero-order chi connectivity index (χ0) is 10.0. The summed E-state index contributed by atoms with van der Waals surface area (Å²) in [5.74, 6) is 1.05. The largest absolute Gasteiger partial charge is 0.468 e. The van der Waals surface area contributed by atoms with Crippen LogP contribution in [0, 0.1) is 0 Å². The molecular weight excluding hydrogens is 178 g/mol. The van der Waals surface area contributed by atoms with Crippen molar-refractivity contribution in [3.63, 3.8) is 0 Å². The Morgan fingerprint density at radius 3 is 2.86 bits per heavy atom. The molecule has 1 aromatic heterocycles. The molecule has 0 bridgehead atoms. The minimum atomic E-state index is 0.108. The molecule has 0 spiro atoms. The summed E-state index contributed by atoms with van der Waals surface area (Å²) < 4.78 is 10.7. The van der Waals surface area contributed by atoms with Crippen molar-refractivity contribution in [3.05, 3.63) is 23.7 Å². The molecule has 3 nitrogen and oxygen atoms in total. The summed E-state index contributed by atoms with van der Waals surface area (Å²) in [7, 11) is 1.70. The molecule has 1 aliphatic carbocycles. The first-order valence-corrected chi connectivity index (χ1v) is 5.08. The van der Waals surface area contributed by atoms with Crippen molar-refractivity contribution in [2.24, 2.45) is 5.73 Å². The molecular formula is C11H17NO2. The molecule has 2 N–H and O–H groups in total. The van der Waals surface area contributed by atoms with Gasteiger partial charge in [0.1, 0.15) is 5.76 Å². The van der Waals surface area contributed by atoms with Gasteiger partial charge in [0, 0.05) is 24.6 Å². The van der Waals surface area contributed by atoms with Crippen LogP contribution in [0.4, 0.5) is 0 Å². The van der Waals surface area contributed by atoms with Crippen LogP contribution in [0.3, 0.4) is 0 Å². The van der Waals surface area contributed by atoms with Gasteiger partial charge in [-0.15, -0.1) is 0 Å². The number of rotatable bonds is 4. The fourth-order valence-corrected chi connectivity index (χ4v) is 2.20. The number of nitrogens with two attached hydrogens (primary N) is 1. The Labute approximate surface area is 84.2 Å². The molecule has 78 valence electrons. The van der Waals surface area contributed by atoms with E-state index in [1.54, 1.807) is 13.4 Å². The molecule has 14 heavy (non-hydrogen) atoms. The Balaban J connectivity index is 2.25. The second-order valence-corrected chi connectivity index (χ2v) is 4.05. The predicted molar refractivity (Wildman–Crippen MR) is 54.0 cm³/mol. The van der Waals surface area contributed by atoms with Crippen molar-refractivity contribution < 1.29 is 9.15 Å². The number of hydrogen-bond acceptors (Lipinski definition) is 3. The maximum atomic E-state index is 5.82. The smallest absolute Gasteiger partial charge is 0.116 e. The van der Waals surface area contributed by atoms with Gasteiger partial charge >= 0.3 is 0 Å². The first kappa shape index (κ1) is 9.74. The molecule has 0 radical (unpaired) electrons. The zero-order valence-corrected chi connectivity index (χ0v) is 8.58. The molecule has 0 saturated heterocycles. The number of ether oxygens (including phenoxy) is 1. The van der Waals surface area contributed by atoms with Crippen LogP contribution in [-0.4, -0.2) is 13.7 Å². The lowest BCUT2D eigenvalue weighted by atomic mass is 9.66. The van der Waals surface area contributed by atoms with E-state index >= 15 is 0 Å². The summed E-state index contributed by atoms with van der Waals surface area (Å²) in [6.07, 6.45) is 5.28. The highest BCUT2D eigenvalue weighted by Crippen LogP contribution is 2.44. The minimum absolute atomic E-state index is 0.108. The molecule has 0 aromatic carbocycles. The van der Waals surface area contributed by atoms with E-state index in [1.807, 2.05) is 6.07 Å². The maximum Gasteiger partial charge on any atom is 0.116 e. The average molecular weight is 195 g/mol. The van der Waals surface area contributed by atoms with Crippen LogP contribution in [0.2, 0.25) is 0 Å². The van der Waals surface area contributed by atoms with E-state index in [0.717, 1.165) is 24.2 Å². The van der Waals surface area contributed by atoms with Crippen LogP contribution < -0.4 is 5.73 Å². The van der Waals surface area contributed by atoms with Gasteiger partial charge in [-0.1, -0.05) is 6.42 Å². The van der Waals surface area contributed by atoms with Crippen LogP contribution in [0.5, 0.6) is 0 Å². The first-order chi connectivity index (χ1) is 6.82. The van der Waals surface area contributed by atoms with E-state index in [-0.39, 0.29) is 5.41 Å². The van der Waals surface area contributed by atoms with Crippen molar-refractivity contribution in [1.82, 2.24) is 0 Å². The lowest BCUT2D eigenvalue weighted by molar-refractivity contribution is 0.167. The van der Waals surface area contributed by atoms with Crippen molar-refractivity contribution in [2.45, 2.75) is 31.3 Å². The molecule has 1 fully saturated rings. The molecule has 0 amide bonds. The van der Waals surface area contributed by atoms with Gasteiger partial charge in [-0.25, -0.2) is 0 Å². The normalized spacial score (nSPS) is 19.3. The van der Waals surface area contributed by atoms with E-state index in [0.29, 0.717) is 13.2 Å². The third-order valence-corrected chi connectivity index (χ3v) is 3.23. The summed E-state index contributed by atoms with van der Waals surface area (Å²) in [5, 5.41) is 0. The van der Waals surface area contributed by atoms with Crippen LogP contribution in [0.1, 0.15) is 30.6 Å². The molecule has 0 atom stereocenters. The van der Waals surface area contributed by atoms with E-state index < -0.39 is 0 Å². The van der Waals surface area contributed by atoms with Crippen molar-refractivity contribution in [1.29, 1.82) is 0 Å². The van der Waals surface area contributed by atoms with Crippen LogP contribution in [0.25, 0.3) is 0 Å². The zero-order valence-electron chi connectivity index (χ0n) is 8.58. The Morgan fingerprint density at radius 2 is 2.36 bits per heavy atom. The fraction of sp³-hybridized carbons (Fsp3) is 0.636. The van der Waals surface area contributed by atoms with E-state index in [4.69, 9.17) is 14.9 Å². The van der Waals surface area contributed by atoms with E-state index in [1.165, 1.54) is 6.42 Å². The minimum Gasteiger partial charge on any atom is -0.468 e. The third kappa shape index (κ3) is 1.37. The Bertz CT molecular complexity index is 296. The predicted octanol–water partition coefficient (Wildman–Crippen LogP) is 1.81. The van der Waals surface area contributed by atoms with E-state index in [9.17, 15) is 0 Å². The summed E-state index contributed by atoms with van der Waals surface area (Å²) in [6.45, 7) is 1.30. The lowest BCUT2D eigenvalue weighted by Gasteiger charge is -2.39. The number of methoxy groups -OCH3 is 1. The summed E-state index contributed by atoms with van der Waals surface area (Å²) in [5.41, 5.74) is 7.08. The fourth-order valence-electron chi connectivity index (χ4n) is 2.20. The van der Waals surface area contributed by atoms with E-state index in [2.05, 4.69) is 0 Å². The van der Waals surface area contributed by atoms with Gasteiger partial charge in [0.15, 0.2) is 0 Å². The quantitative estimate of drug-likeness (QED) is 0.797. The van der Waals surface area contributed by atoms with Gasteiger partial charge in [-0.3, -0.25) is 0 Å². The van der Waals surface area contributed by atoms with Crippen molar-refractivity contribution in [3.8, 4) is 0 Å². The molecule has 1 aliphatic rings. The molecule has 2 rings (SSSR count). The summed E-state index contributed by atoms with van der Waals surface area (Å²) >= 11 is 0. The van der Waals surface area contributed by atoms with Gasteiger partial charge < -0.3 is 14.9 Å². The van der Waals surface area contributed by atoms with Gasteiger partial charge in [0.25, 0.3) is 0 Å². The first-order valence-electron chi connectivity index (χ1n) is 5.08. The van der Waals surface area contributed by atoms with Gasteiger partial charge in [-0.05, 0) is 18.9 Å². The van der Waals surface area contributed by atoms with Gasteiger partial charge in [0.2, 0.25) is 0 Å². The van der Waals surface area contributed by atoms with Crippen LogP contribution in [-0.2, 0) is 16.8 Å². The summed E-state index contributed by atoms with van der Waals surface area (Å²) in [4.78, 5) is 0. The third-order valence-electron chi connectivity index (χ3n) is 3.23. The average Bonchev–Trinajstić information content (AvgIpc) is 2.54. The van der Waals surface area contributed by atoms with Crippen LogP contribution >= 0.6 is 0 Å². The molecule has 1 saturated carbocycles. The maximum absolute atomic E-state index is 5.82. The molecule has 3 heteroatoms. The highest BCUT2D eigenvalue weighted by atomic mass is 16.5. The molecule has 1 heterocycles. The highest BCUT2D eigenvalue weighted by molar-refractivity contribution is 5.28. The standard InChI is InChI=1S/C11H17NO2/c1-13-7-9-3-6-14-10(9)11(8-12)4-2-5-11/h3,6H,2,4-5,7-8,12H2,1H3. The molecule has 0 aliphatic heterocycles. The van der Waals surface area contributed by atoms with Gasteiger partial charge in [0.05, 0.1) is 12.9 Å². The highest BCUT2D eigenvalue weighted by Gasteiger charge is 2.41. The van der Waals surface area contributed by atoms with Crippen LogP contribution in [0.15, 0.2) is 16.7 Å². The number of hydrogen-bond donors (Lipinski definition) is 1. The Kier molecular flexibility index (Phi) is 2.61. The topological polar surface area (TPSA) is 48.4 Å². The SMILES string of the molecule is COCc1ccoc1C1(CN)CCC1. The second-order valence-electron chi connectivity index (χ2n) is 4.05. The van der Waals surface area contributed by atoms with Crippen molar-refractivity contribution >= 4 is 0 Å². The van der Waals surface area contributed by atoms with Gasteiger partial charge in [-0.2, -0.15) is 0 Å². The molecule has 1 aromatic rings. The number of furan rings is 1. The second kappa shape index (κ2) is 3.75. The molecule has 0 unspecified atom stereocenters. The monoisotopic (exact) mass is 195 g/mol. The summed E-state index contributed by atoms with van der Waals surface area (Å²) in [6, 6.07) is 1.98. The lowest BCUT2D eigenvalue weighted by Crippen LogP contribution is -2.41.